The molecule has 4 aromatic rings. The number of nitrogens with zero attached hydrogens (tertiary/aromatic N) is 2. The minimum Gasteiger partial charge on any atom is -0.271 e. The Morgan fingerprint density at radius 3 is 2.35 bits per heavy atom. The van der Waals surface area contributed by atoms with Gasteiger partial charge in [-0.2, -0.15) is 5.10 Å². The summed E-state index contributed by atoms with van der Waals surface area (Å²) >= 11 is 12.4. The van der Waals surface area contributed by atoms with Gasteiger partial charge >= 0.3 is 0 Å². The molecule has 0 unspecified atom stereocenters. The van der Waals surface area contributed by atoms with Crippen LogP contribution in [-0.4, -0.2) is 27.1 Å². The van der Waals surface area contributed by atoms with E-state index in [1.54, 1.807) is 24.3 Å². The zero-order valence-corrected chi connectivity index (χ0v) is 20.1. The van der Waals surface area contributed by atoms with Gasteiger partial charge in [-0.25, -0.2) is 13.8 Å². The van der Waals surface area contributed by atoms with Gasteiger partial charge in [0.25, 0.3) is 15.9 Å². The second-order valence-corrected chi connectivity index (χ2v) is 9.91. The van der Waals surface area contributed by atoms with Crippen molar-refractivity contribution in [2.75, 3.05) is 10.8 Å². The van der Waals surface area contributed by atoms with Gasteiger partial charge in [0.15, 0.2) is 0 Å². The molecule has 0 spiro atoms. The maximum absolute atomic E-state index is 13.4. The molecule has 9 heteroatoms. The first kappa shape index (κ1) is 23.8. The summed E-state index contributed by atoms with van der Waals surface area (Å²) in [6.45, 7) is -0.551. The highest BCUT2D eigenvalue weighted by atomic mass is 35.5. The van der Waals surface area contributed by atoms with E-state index in [0.717, 1.165) is 20.6 Å². The molecule has 0 radical (unpaired) electrons. The van der Waals surface area contributed by atoms with E-state index in [4.69, 9.17) is 23.2 Å². The van der Waals surface area contributed by atoms with E-state index < -0.39 is 22.5 Å². The van der Waals surface area contributed by atoms with E-state index in [0.29, 0.717) is 0 Å². The van der Waals surface area contributed by atoms with Crippen molar-refractivity contribution < 1.29 is 13.2 Å². The molecule has 34 heavy (non-hydrogen) atoms. The topological polar surface area (TPSA) is 78.8 Å². The number of sulfonamides is 1. The Kier molecular flexibility index (Phi) is 7.17. The molecule has 4 aromatic carbocycles. The van der Waals surface area contributed by atoms with Gasteiger partial charge < -0.3 is 0 Å². The molecule has 1 amide bonds. The average Bonchev–Trinajstić information content (AvgIpc) is 2.85. The first-order chi connectivity index (χ1) is 16.4. The lowest BCUT2D eigenvalue weighted by Gasteiger charge is -2.24. The Morgan fingerprint density at radius 1 is 0.882 bits per heavy atom. The van der Waals surface area contributed by atoms with Crippen LogP contribution < -0.4 is 9.73 Å². The van der Waals surface area contributed by atoms with Crippen LogP contribution in [0.4, 0.5) is 5.69 Å². The highest BCUT2D eigenvalue weighted by molar-refractivity contribution is 7.92. The summed E-state index contributed by atoms with van der Waals surface area (Å²) in [6, 6.07) is 25.9. The molecular formula is C25H19Cl2N3O3S. The molecule has 172 valence electrons. The largest absolute Gasteiger partial charge is 0.271 e. The highest BCUT2D eigenvalue weighted by Gasteiger charge is 2.29. The van der Waals surface area contributed by atoms with E-state index >= 15 is 0 Å². The summed E-state index contributed by atoms with van der Waals surface area (Å²) in [5, 5.41) is 6.23. The second-order valence-electron chi connectivity index (χ2n) is 7.26. The van der Waals surface area contributed by atoms with Crippen molar-refractivity contribution >= 4 is 61.8 Å². The van der Waals surface area contributed by atoms with Gasteiger partial charge in [0.1, 0.15) is 6.54 Å². The maximum Gasteiger partial charge on any atom is 0.264 e. The maximum atomic E-state index is 13.4. The highest BCUT2D eigenvalue weighted by Crippen LogP contribution is 2.35. The number of carbonyl (C=O) groups excluding carboxylic acids is 1. The fraction of sp³-hybridized carbons (Fsp3) is 0.0400. The van der Waals surface area contributed by atoms with Crippen molar-refractivity contribution in [3.8, 4) is 0 Å². The third-order valence-corrected chi connectivity index (χ3v) is 7.62. The third-order valence-electron chi connectivity index (χ3n) is 5.03. The van der Waals surface area contributed by atoms with Crippen molar-refractivity contribution in [3.63, 3.8) is 0 Å². The number of fused-ring (bicyclic) bond motifs is 1. The number of amides is 1. The molecule has 0 fully saturated rings. The molecule has 0 saturated heterocycles. The van der Waals surface area contributed by atoms with Crippen molar-refractivity contribution in [1.29, 1.82) is 0 Å². The van der Waals surface area contributed by atoms with Gasteiger partial charge in [0, 0.05) is 5.56 Å². The van der Waals surface area contributed by atoms with Crippen LogP contribution in [0.25, 0.3) is 10.8 Å². The Bertz CT molecular complexity index is 1470. The molecule has 0 aliphatic rings. The van der Waals surface area contributed by atoms with Crippen LogP contribution in [0.2, 0.25) is 10.0 Å². The number of nitrogens with one attached hydrogen (secondary N) is 1. The van der Waals surface area contributed by atoms with Crippen LogP contribution in [-0.2, 0) is 14.8 Å². The van der Waals surface area contributed by atoms with Crippen molar-refractivity contribution in [3.05, 3.63) is 107 Å². The molecule has 0 saturated carbocycles. The standard InChI is InChI=1S/C25H19Cl2N3O3S/c26-22-14-7-15-23(25(22)27)30(34(32,33)20-11-2-1-3-12-20)17-24(31)29-28-16-19-10-6-9-18-8-4-5-13-21(18)19/h1-16H,17H2,(H,29,31)/b28-16+. The Balaban J connectivity index is 1.61. The van der Waals surface area contributed by atoms with Crippen LogP contribution >= 0.6 is 23.2 Å². The lowest BCUT2D eigenvalue weighted by molar-refractivity contribution is -0.119. The number of rotatable bonds is 7. The Hall–Kier alpha value is -3.39. The van der Waals surface area contributed by atoms with Gasteiger partial charge in [-0.05, 0) is 35.0 Å². The Labute approximate surface area is 207 Å². The number of carbonyl (C=O) groups is 1. The zero-order chi connectivity index (χ0) is 24.1. The molecular weight excluding hydrogens is 493 g/mol. The fourth-order valence-electron chi connectivity index (χ4n) is 3.41. The molecule has 6 nitrogen and oxygen atoms in total. The second kappa shape index (κ2) is 10.3. The van der Waals surface area contributed by atoms with Crippen molar-refractivity contribution in [1.82, 2.24) is 5.43 Å². The van der Waals surface area contributed by atoms with Crippen LogP contribution in [0.3, 0.4) is 0 Å². The molecule has 0 bridgehead atoms. The lowest BCUT2D eigenvalue weighted by Crippen LogP contribution is -2.39. The predicted molar refractivity (Wildman–Crippen MR) is 137 cm³/mol. The molecule has 0 aromatic heterocycles. The molecule has 0 aliphatic carbocycles. The number of hydrazone groups is 1. The molecule has 0 aliphatic heterocycles. The predicted octanol–water partition coefficient (Wildman–Crippen LogP) is 5.49. The van der Waals surface area contributed by atoms with E-state index in [2.05, 4.69) is 10.5 Å². The summed E-state index contributed by atoms with van der Waals surface area (Å²) in [7, 11) is -4.12. The SMILES string of the molecule is O=C(CN(c1cccc(Cl)c1Cl)S(=O)(=O)c1ccccc1)N/N=C/c1cccc2ccccc12. The first-order valence-corrected chi connectivity index (χ1v) is 12.4. The summed E-state index contributed by atoms with van der Waals surface area (Å²) in [5.74, 6) is -0.646. The Morgan fingerprint density at radius 2 is 1.56 bits per heavy atom. The molecule has 0 atom stereocenters. The molecule has 0 heterocycles. The number of benzene rings is 4. The van der Waals surface area contributed by atoms with Gasteiger partial charge in [-0.1, -0.05) is 89.9 Å². The monoisotopic (exact) mass is 511 g/mol. The normalized spacial score (nSPS) is 11.6. The van der Waals surface area contributed by atoms with E-state index in [-0.39, 0.29) is 20.6 Å². The lowest BCUT2D eigenvalue weighted by atomic mass is 10.1. The summed E-state index contributed by atoms with van der Waals surface area (Å²) in [5.41, 5.74) is 3.30. The van der Waals surface area contributed by atoms with Gasteiger partial charge in [-0.3, -0.25) is 9.10 Å². The minimum atomic E-state index is -4.12. The number of hydrogen-bond acceptors (Lipinski definition) is 4. The third kappa shape index (κ3) is 5.07. The first-order valence-electron chi connectivity index (χ1n) is 10.2. The van der Waals surface area contributed by atoms with Gasteiger partial charge in [-0.15, -0.1) is 0 Å². The molecule has 4 rings (SSSR count). The van der Waals surface area contributed by atoms with Crippen molar-refractivity contribution in [2.45, 2.75) is 4.90 Å². The number of anilines is 1. The average molecular weight is 512 g/mol. The van der Waals surface area contributed by atoms with Gasteiger partial charge in [0.2, 0.25) is 0 Å². The zero-order valence-electron chi connectivity index (χ0n) is 17.7. The van der Waals surface area contributed by atoms with E-state index in [1.165, 1.54) is 30.5 Å². The van der Waals surface area contributed by atoms with Crippen LogP contribution in [0.15, 0.2) is 101 Å². The van der Waals surface area contributed by atoms with Crippen LogP contribution in [0.5, 0.6) is 0 Å². The quantitative estimate of drug-likeness (QED) is 0.263. The van der Waals surface area contributed by atoms with Crippen molar-refractivity contribution in [2.24, 2.45) is 5.10 Å². The summed E-state index contributed by atoms with van der Waals surface area (Å²) < 4.78 is 27.7. The summed E-state index contributed by atoms with van der Waals surface area (Å²) in [4.78, 5) is 12.8. The fourth-order valence-corrected chi connectivity index (χ4v) is 5.31. The van der Waals surface area contributed by atoms with E-state index in [9.17, 15) is 13.2 Å². The van der Waals surface area contributed by atoms with E-state index in [1.807, 2.05) is 42.5 Å². The van der Waals surface area contributed by atoms with Crippen LogP contribution in [0, 0.1) is 0 Å². The van der Waals surface area contributed by atoms with Crippen LogP contribution in [0.1, 0.15) is 5.56 Å². The summed E-state index contributed by atoms with van der Waals surface area (Å²) in [6.07, 6.45) is 1.52. The van der Waals surface area contributed by atoms with Gasteiger partial charge in [0.05, 0.1) is 26.8 Å². The smallest absolute Gasteiger partial charge is 0.264 e. The number of hydrogen-bond donors (Lipinski definition) is 1. The molecule has 1 N–H and O–H groups in total. The number of halogens is 2. The minimum absolute atomic E-state index is 0.0121.